The van der Waals surface area contributed by atoms with Crippen LogP contribution in [0.1, 0.15) is 41.1 Å². The number of thioether (sulfide) groups is 1. The molecule has 0 aliphatic carbocycles. The normalized spacial score (nSPS) is 15.0. The summed E-state index contributed by atoms with van der Waals surface area (Å²) in [7, 11) is 2.97. The molecule has 1 aromatic carbocycles. The van der Waals surface area contributed by atoms with Crippen LogP contribution in [0.4, 0.5) is 5.82 Å². The van der Waals surface area contributed by atoms with Gasteiger partial charge in [0.15, 0.2) is 0 Å². The van der Waals surface area contributed by atoms with Crippen LogP contribution >= 0.6 is 23.4 Å². The Bertz CT molecular complexity index is 1360. The number of pyridine rings is 1. The molecule has 3 aromatic rings. The van der Waals surface area contributed by atoms with E-state index in [1.165, 1.54) is 18.9 Å². The largest absolute Gasteiger partial charge is 0.468 e. The molecular weight excluding hydrogens is 514 g/mol. The van der Waals surface area contributed by atoms with Crippen molar-refractivity contribution in [2.24, 2.45) is 0 Å². The first-order valence-corrected chi connectivity index (χ1v) is 12.9. The second-order valence-corrected chi connectivity index (χ2v) is 9.81. The molecule has 37 heavy (non-hydrogen) atoms. The molecule has 0 N–H and O–H groups in total. The maximum absolute atomic E-state index is 12.0. The van der Waals surface area contributed by atoms with Crippen LogP contribution in [0.3, 0.4) is 0 Å². The lowest BCUT2D eigenvalue weighted by Gasteiger charge is -2.27. The zero-order valence-corrected chi connectivity index (χ0v) is 21.9. The highest BCUT2D eigenvalue weighted by Gasteiger charge is 2.29. The molecule has 1 saturated heterocycles. The fourth-order valence-electron chi connectivity index (χ4n) is 4.12. The average Bonchev–Trinajstić information content (AvgIpc) is 3.40. The van der Waals surface area contributed by atoms with Gasteiger partial charge in [-0.3, -0.25) is 4.79 Å². The van der Waals surface area contributed by atoms with E-state index in [1.807, 2.05) is 12.1 Å². The molecule has 1 fully saturated rings. The van der Waals surface area contributed by atoms with Gasteiger partial charge in [-0.25, -0.2) is 9.97 Å². The summed E-state index contributed by atoms with van der Waals surface area (Å²) in [4.78, 5) is 22.7. The maximum Gasteiger partial charge on any atom is 0.325 e. The number of esters is 1. The highest BCUT2D eigenvalue weighted by molar-refractivity contribution is 7.98. The third kappa shape index (κ3) is 6.05. The van der Waals surface area contributed by atoms with Crippen LogP contribution in [0.5, 0.6) is 0 Å². The molecule has 0 spiro atoms. The van der Waals surface area contributed by atoms with Gasteiger partial charge in [0, 0.05) is 35.9 Å². The molecule has 190 valence electrons. The minimum Gasteiger partial charge on any atom is -0.468 e. The highest BCUT2D eigenvalue weighted by atomic mass is 35.5. The molecule has 1 aliphatic heterocycles. The van der Waals surface area contributed by atoms with Crippen LogP contribution in [0.15, 0.2) is 40.0 Å². The summed E-state index contributed by atoms with van der Waals surface area (Å²) in [6.07, 6.45) is 3.17. The number of hydrogen-bond acceptors (Lipinski definition) is 10. The third-order valence-corrected chi connectivity index (χ3v) is 7.19. The van der Waals surface area contributed by atoms with E-state index < -0.39 is 5.97 Å². The lowest BCUT2D eigenvalue weighted by Crippen LogP contribution is -2.29. The molecule has 2 aromatic heterocycles. The molecule has 4 rings (SSSR count). The van der Waals surface area contributed by atoms with Crippen LogP contribution in [0.25, 0.3) is 11.5 Å². The van der Waals surface area contributed by atoms with Gasteiger partial charge >= 0.3 is 5.97 Å². The predicted octanol–water partition coefficient (Wildman–Crippen LogP) is 4.93. The number of halogens is 1. The number of oxazole rings is 1. The first-order valence-electron chi connectivity index (χ1n) is 11.5. The number of carbonyl (C=O) groups excluding carboxylic acids is 1. The van der Waals surface area contributed by atoms with Gasteiger partial charge in [-0.1, -0.05) is 23.4 Å². The molecule has 3 heterocycles. The Morgan fingerprint density at radius 2 is 2.00 bits per heavy atom. The Morgan fingerprint density at radius 1 is 1.24 bits per heavy atom. The lowest BCUT2D eigenvalue weighted by atomic mass is 9.87. The minimum absolute atomic E-state index is 0.0947. The van der Waals surface area contributed by atoms with E-state index in [0.29, 0.717) is 57.5 Å². The van der Waals surface area contributed by atoms with Gasteiger partial charge in [-0.05, 0) is 42.7 Å². The van der Waals surface area contributed by atoms with E-state index in [2.05, 4.69) is 22.1 Å². The molecule has 0 amide bonds. The van der Waals surface area contributed by atoms with Crippen molar-refractivity contribution in [1.29, 1.82) is 10.5 Å². The van der Waals surface area contributed by atoms with Crippen molar-refractivity contribution in [3.8, 4) is 23.6 Å². The van der Waals surface area contributed by atoms with Crippen molar-refractivity contribution in [1.82, 2.24) is 9.97 Å². The molecule has 1 aliphatic rings. The number of anilines is 1. The van der Waals surface area contributed by atoms with Gasteiger partial charge in [0.05, 0.1) is 30.5 Å². The van der Waals surface area contributed by atoms with Crippen LogP contribution in [-0.2, 0) is 20.0 Å². The summed E-state index contributed by atoms with van der Waals surface area (Å²) in [6, 6.07) is 11.7. The van der Waals surface area contributed by atoms with Gasteiger partial charge in [0.1, 0.15) is 35.8 Å². The van der Waals surface area contributed by atoms with Crippen molar-refractivity contribution < 1.29 is 18.7 Å². The zero-order chi connectivity index (χ0) is 26.4. The topological polar surface area (TPSA) is 125 Å². The molecule has 0 radical (unpaired) electrons. The number of hydrogen-bond donors (Lipinski definition) is 0. The first-order chi connectivity index (χ1) is 17.9. The van der Waals surface area contributed by atoms with Crippen molar-refractivity contribution in [2.75, 3.05) is 38.8 Å². The first kappa shape index (κ1) is 26.5. The molecule has 1 atom stereocenters. The molecule has 9 nitrogen and oxygen atoms in total. The molecular formula is C26H24ClN5O4S. The van der Waals surface area contributed by atoms with Crippen molar-refractivity contribution in [3.05, 3.63) is 57.9 Å². The number of benzene rings is 1. The van der Waals surface area contributed by atoms with E-state index in [-0.39, 0.29) is 18.0 Å². The fourth-order valence-corrected chi connectivity index (χ4v) is 5.11. The van der Waals surface area contributed by atoms with Gasteiger partial charge in [-0.2, -0.15) is 10.5 Å². The Balaban J connectivity index is 1.70. The van der Waals surface area contributed by atoms with Crippen LogP contribution in [-0.4, -0.2) is 49.9 Å². The molecule has 0 bridgehead atoms. The van der Waals surface area contributed by atoms with Gasteiger partial charge in [-0.15, -0.1) is 0 Å². The van der Waals surface area contributed by atoms with Crippen LogP contribution in [0.2, 0.25) is 5.02 Å². The van der Waals surface area contributed by atoms with Crippen molar-refractivity contribution in [2.45, 2.75) is 29.5 Å². The smallest absolute Gasteiger partial charge is 0.325 e. The number of ether oxygens (including phenoxy) is 2. The summed E-state index contributed by atoms with van der Waals surface area (Å²) in [5.41, 5.74) is 2.68. The quantitative estimate of drug-likeness (QED) is 0.288. The second-order valence-electron chi connectivity index (χ2n) is 8.41. The molecule has 1 unspecified atom stereocenters. The fraction of sp³-hybridized carbons (Fsp3) is 0.346. The lowest BCUT2D eigenvalue weighted by molar-refractivity contribution is -0.138. The molecule has 11 heteroatoms. The van der Waals surface area contributed by atoms with E-state index in [1.54, 1.807) is 30.3 Å². The number of nitriles is 2. The SMILES string of the molecule is COC(=O)CN(C)c1nc(SCc2coc(-c3ccc(Cl)cc3)n2)c(C#N)c(C2CCCOC2)c1C#N. The van der Waals surface area contributed by atoms with E-state index in [0.717, 1.165) is 18.4 Å². The number of likely N-dealkylation sites (N-methyl/N-ethyl adjacent to an activating group) is 1. The van der Waals surface area contributed by atoms with Crippen LogP contribution < -0.4 is 4.90 Å². The predicted molar refractivity (Wildman–Crippen MR) is 138 cm³/mol. The summed E-state index contributed by atoms with van der Waals surface area (Å²) in [5, 5.41) is 21.3. The van der Waals surface area contributed by atoms with E-state index in [9.17, 15) is 15.3 Å². The van der Waals surface area contributed by atoms with Crippen molar-refractivity contribution >= 4 is 35.1 Å². The summed E-state index contributed by atoms with van der Waals surface area (Å²) in [5.74, 6) is 0.558. The summed E-state index contributed by atoms with van der Waals surface area (Å²) >= 11 is 7.29. The monoisotopic (exact) mass is 537 g/mol. The van der Waals surface area contributed by atoms with E-state index in [4.69, 9.17) is 25.5 Å². The number of carbonyl (C=O) groups is 1. The Hall–Kier alpha value is -3.57. The standard InChI is InChI=1S/C26H24ClN5O4S/c1-32(12-22(33)34-2)24-20(10-28)23(17-4-3-9-35-13-17)21(11-29)26(31-24)37-15-19-14-36-25(30-19)16-5-7-18(27)8-6-16/h5-8,14,17H,3-4,9,12-13,15H2,1-2H3. The van der Waals surface area contributed by atoms with E-state index >= 15 is 0 Å². The highest BCUT2D eigenvalue weighted by Crippen LogP contribution is 2.39. The minimum atomic E-state index is -0.466. The Labute approximate surface area is 224 Å². The van der Waals surface area contributed by atoms with Crippen LogP contribution in [0, 0.1) is 22.7 Å². The number of methoxy groups -OCH3 is 1. The zero-order valence-electron chi connectivity index (χ0n) is 20.4. The maximum atomic E-state index is 12.0. The van der Waals surface area contributed by atoms with Crippen molar-refractivity contribution in [3.63, 3.8) is 0 Å². The Kier molecular flexibility index (Phi) is 8.67. The third-order valence-electron chi connectivity index (χ3n) is 5.93. The Morgan fingerprint density at radius 3 is 2.65 bits per heavy atom. The van der Waals surface area contributed by atoms with Gasteiger partial charge < -0.3 is 18.8 Å². The number of aromatic nitrogens is 2. The second kappa shape index (κ2) is 12.1. The number of rotatable bonds is 8. The summed E-state index contributed by atoms with van der Waals surface area (Å²) in [6.45, 7) is 0.956. The number of nitrogens with zero attached hydrogens (tertiary/aromatic N) is 5. The van der Waals surface area contributed by atoms with Gasteiger partial charge in [0.2, 0.25) is 5.89 Å². The molecule has 0 saturated carbocycles. The average molecular weight is 538 g/mol. The van der Waals surface area contributed by atoms with Gasteiger partial charge in [0.25, 0.3) is 0 Å². The summed E-state index contributed by atoms with van der Waals surface area (Å²) < 4.78 is 16.1.